The van der Waals surface area contributed by atoms with E-state index < -0.39 is 0 Å². The Morgan fingerprint density at radius 2 is 1.87 bits per heavy atom. The van der Waals surface area contributed by atoms with E-state index >= 15 is 0 Å². The van der Waals surface area contributed by atoms with E-state index in [-0.39, 0.29) is 24.2 Å². The van der Waals surface area contributed by atoms with Gasteiger partial charge in [-0.25, -0.2) is 0 Å². The number of aromatic hydroxyl groups is 1. The molecule has 0 aliphatic carbocycles. The van der Waals surface area contributed by atoms with Gasteiger partial charge in [0.15, 0.2) is 0 Å². The molecule has 0 radical (unpaired) electrons. The van der Waals surface area contributed by atoms with Gasteiger partial charge in [-0.15, -0.1) is 0 Å². The number of carbonyl (C=O) groups excluding carboxylic acids is 1. The van der Waals surface area contributed by atoms with E-state index in [1.807, 2.05) is 44.2 Å². The second-order valence-electron chi connectivity index (χ2n) is 5.98. The van der Waals surface area contributed by atoms with Crippen molar-refractivity contribution in [3.63, 3.8) is 0 Å². The SMILES string of the molecule is Cc1ccc(O)c(C(=O)N(Cc2ccccc2)CC(C)CO)c1. The summed E-state index contributed by atoms with van der Waals surface area (Å²) in [6.07, 6.45) is 0. The summed E-state index contributed by atoms with van der Waals surface area (Å²) in [6.45, 7) is 4.66. The van der Waals surface area contributed by atoms with Crippen LogP contribution in [0.4, 0.5) is 0 Å². The maximum absolute atomic E-state index is 12.9. The van der Waals surface area contributed by atoms with E-state index in [4.69, 9.17) is 0 Å². The fourth-order valence-electron chi connectivity index (χ4n) is 2.45. The normalized spacial score (nSPS) is 12.0. The number of benzene rings is 2. The zero-order valence-corrected chi connectivity index (χ0v) is 13.6. The highest BCUT2D eigenvalue weighted by Crippen LogP contribution is 2.22. The van der Waals surface area contributed by atoms with E-state index in [1.165, 1.54) is 0 Å². The summed E-state index contributed by atoms with van der Waals surface area (Å²) < 4.78 is 0. The molecule has 23 heavy (non-hydrogen) atoms. The highest BCUT2D eigenvalue weighted by atomic mass is 16.3. The van der Waals surface area contributed by atoms with Gasteiger partial charge >= 0.3 is 0 Å². The summed E-state index contributed by atoms with van der Waals surface area (Å²) in [4.78, 5) is 14.5. The molecule has 0 bridgehead atoms. The lowest BCUT2D eigenvalue weighted by molar-refractivity contribution is 0.0691. The quantitative estimate of drug-likeness (QED) is 0.862. The molecule has 122 valence electrons. The number of nitrogens with zero attached hydrogens (tertiary/aromatic N) is 1. The van der Waals surface area contributed by atoms with Crippen molar-refractivity contribution in [1.29, 1.82) is 0 Å². The molecule has 4 heteroatoms. The van der Waals surface area contributed by atoms with E-state index in [9.17, 15) is 15.0 Å². The van der Waals surface area contributed by atoms with Crippen LogP contribution in [0.15, 0.2) is 48.5 Å². The first-order valence-electron chi connectivity index (χ1n) is 7.75. The Labute approximate surface area is 137 Å². The summed E-state index contributed by atoms with van der Waals surface area (Å²) >= 11 is 0. The smallest absolute Gasteiger partial charge is 0.257 e. The van der Waals surface area contributed by atoms with Crippen LogP contribution in [0.1, 0.15) is 28.4 Å². The minimum atomic E-state index is -0.227. The van der Waals surface area contributed by atoms with Crippen LogP contribution in [0, 0.1) is 12.8 Å². The summed E-state index contributed by atoms with van der Waals surface area (Å²) in [5.41, 5.74) is 2.23. The number of phenolic OH excluding ortho intramolecular Hbond substituents is 1. The Morgan fingerprint density at radius 1 is 1.17 bits per heavy atom. The molecule has 0 spiro atoms. The van der Waals surface area contributed by atoms with E-state index in [0.717, 1.165) is 11.1 Å². The second kappa shape index (κ2) is 7.79. The average Bonchev–Trinajstić information content (AvgIpc) is 2.56. The molecule has 1 unspecified atom stereocenters. The summed E-state index contributed by atoms with van der Waals surface area (Å²) in [5, 5.41) is 19.3. The summed E-state index contributed by atoms with van der Waals surface area (Å²) in [7, 11) is 0. The van der Waals surface area contributed by atoms with Crippen molar-refractivity contribution in [1.82, 2.24) is 4.90 Å². The molecule has 2 aromatic carbocycles. The molecular formula is C19H23NO3. The molecule has 0 saturated heterocycles. The van der Waals surface area contributed by atoms with Gasteiger partial charge < -0.3 is 15.1 Å². The first kappa shape index (κ1) is 17.0. The monoisotopic (exact) mass is 313 g/mol. The maximum Gasteiger partial charge on any atom is 0.257 e. The van der Waals surface area contributed by atoms with Gasteiger partial charge in [0.2, 0.25) is 0 Å². The largest absolute Gasteiger partial charge is 0.507 e. The van der Waals surface area contributed by atoms with Crippen molar-refractivity contribution in [3.8, 4) is 5.75 Å². The van der Waals surface area contributed by atoms with Crippen molar-refractivity contribution in [2.45, 2.75) is 20.4 Å². The Kier molecular flexibility index (Phi) is 5.77. The molecule has 0 fully saturated rings. The average molecular weight is 313 g/mol. The minimum Gasteiger partial charge on any atom is -0.507 e. The number of carbonyl (C=O) groups is 1. The van der Waals surface area contributed by atoms with Crippen LogP contribution in [0.25, 0.3) is 0 Å². The minimum absolute atomic E-state index is 0.0123. The van der Waals surface area contributed by atoms with Crippen LogP contribution in [0.2, 0.25) is 0 Å². The molecular weight excluding hydrogens is 290 g/mol. The lowest BCUT2D eigenvalue weighted by Gasteiger charge is -2.26. The third-order valence-corrected chi connectivity index (χ3v) is 3.73. The number of hydrogen-bond donors (Lipinski definition) is 2. The molecule has 0 saturated carbocycles. The Hall–Kier alpha value is -2.33. The lowest BCUT2D eigenvalue weighted by atomic mass is 10.1. The van der Waals surface area contributed by atoms with E-state index in [1.54, 1.807) is 23.1 Å². The molecule has 2 rings (SSSR count). The maximum atomic E-state index is 12.9. The first-order valence-corrected chi connectivity index (χ1v) is 7.75. The van der Waals surface area contributed by atoms with Gasteiger partial charge in [-0.3, -0.25) is 4.79 Å². The fourth-order valence-corrected chi connectivity index (χ4v) is 2.45. The number of amides is 1. The molecule has 4 nitrogen and oxygen atoms in total. The zero-order valence-electron chi connectivity index (χ0n) is 13.6. The van der Waals surface area contributed by atoms with Crippen LogP contribution in [0.5, 0.6) is 5.75 Å². The molecule has 2 aromatic rings. The third kappa shape index (κ3) is 4.57. The third-order valence-electron chi connectivity index (χ3n) is 3.73. The first-order chi connectivity index (χ1) is 11.0. The predicted octanol–water partition coefficient (Wildman–Crippen LogP) is 2.97. The highest BCUT2D eigenvalue weighted by Gasteiger charge is 2.21. The van der Waals surface area contributed by atoms with Crippen LogP contribution in [0.3, 0.4) is 0 Å². The second-order valence-corrected chi connectivity index (χ2v) is 5.98. The number of rotatable bonds is 6. The lowest BCUT2D eigenvalue weighted by Crippen LogP contribution is -2.35. The Bertz CT molecular complexity index is 655. The molecule has 0 aliphatic rings. The van der Waals surface area contributed by atoms with Crippen molar-refractivity contribution >= 4 is 5.91 Å². The zero-order chi connectivity index (χ0) is 16.8. The van der Waals surface area contributed by atoms with Gasteiger partial charge in [0, 0.05) is 19.7 Å². The van der Waals surface area contributed by atoms with Gasteiger partial charge in [0.05, 0.1) is 5.56 Å². The number of hydrogen-bond acceptors (Lipinski definition) is 3. The summed E-state index contributed by atoms with van der Waals surface area (Å²) in [5.74, 6) is -0.278. The number of aliphatic hydroxyl groups is 1. The van der Waals surface area contributed by atoms with Gasteiger partial charge in [-0.2, -0.15) is 0 Å². The summed E-state index contributed by atoms with van der Waals surface area (Å²) in [6, 6.07) is 14.7. The van der Waals surface area contributed by atoms with E-state index in [2.05, 4.69) is 0 Å². The number of aliphatic hydroxyl groups excluding tert-OH is 1. The van der Waals surface area contributed by atoms with Crippen LogP contribution in [-0.2, 0) is 6.54 Å². The molecule has 0 aromatic heterocycles. The van der Waals surface area contributed by atoms with Crippen LogP contribution in [-0.4, -0.2) is 34.2 Å². The van der Waals surface area contributed by atoms with Crippen molar-refractivity contribution in [3.05, 3.63) is 65.2 Å². The molecule has 2 N–H and O–H groups in total. The predicted molar refractivity (Wildman–Crippen MR) is 90.3 cm³/mol. The molecule has 0 heterocycles. The topological polar surface area (TPSA) is 60.8 Å². The Balaban J connectivity index is 2.28. The van der Waals surface area contributed by atoms with Gasteiger partial charge in [0.25, 0.3) is 5.91 Å². The standard InChI is InChI=1S/C19H23NO3/c1-14-8-9-18(22)17(10-14)19(23)20(11-15(2)13-21)12-16-6-4-3-5-7-16/h3-10,15,21-22H,11-13H2,1-2H3. The van der Waals surface area contributed by atoms with Gasteiger partial charge in [-0.05, 0) is 30.5 Å². The number of phenols is 1. The van der Waals surface area contributed by atoms with Gasteiger partial charge in [-0.1, -0.05) is 48.9 Å². The fraction of sp³-hybridized carbons (Fsp3) is 0.316. The van der Waals surface area contributed by atoms with E-state index in [0.29, 0.717) is 18.7 Å². The molecule has 1 atom stereocenters. The van der Waals surface area contributed by atoms with Crippen LogP contribution < -0.4 is 0 Å². The van der Waals surface area contributed by atoms with Crippen molar-refractivity contribution < 1.29 is 15.0 Å². The Morgan fingerprint density at radius 3 is 2.52 bits per heavy atom. The van der Waals surface area contributed by atoms with Gasteiger partial charge in [0.1, 0.15) is 5.75 Å². The number of aryl methyl sites for hydroxylation is 1. The van der Waals surface area contributed by atoms with Crippen molar-refractivity contribution in [2.24, 2.45) is 5.92 Å². The molecule has 0 aliphatic heterocycles. The highest BCUT2D eigenvalue weighted by molar-refractivity contribution is 5.97. The van der Waals surface area contributed by atoms with Crippen molar-refractivity contribution in [2.75, 3.05) is 13.2 Å². The molecule has 1 amide bonds. The van der Waals surface area contributed by atoms with Crippen LogP contribution >= 0.6 is 0 Å².